The Hall–Kier alpha value is -3.24. The fraction of sp³-hybridized carbons (Fsp3) is 0.436. The fourth-order valence-corrected chi connectivity index (χ4v) is 7.54. The highest BCUT2D eigenvalue weighted by Gasteiger charge is 2.36. The molecule has 0 amide bonds. The molecule has 0 aromatic heterocycles. The lowest BCUT2D eigenvalue weighted by Crippen LogP contribution is -2.43. The minimum Gasteiger partial charge on any atom is -0.371 e. The second kappa shape index (κ2) is 13.4. The van der Waals surface area contributed by atoms with Gasteiger partial charge in [0.15, 0.2) is 0 Å². The van der Waals surface area contributed by atoms with E-state index in [-0.39, 0.29) is 0 Å². The van der Waals surface area contributed by atoms with Gasteiger partial charge in [-0.3, -0.25) is 0 Å². The molecule has 0 radical (unpaired) electrons. The zero-order valence-corrected chi connectivity index (χ0v) is 24.6. The number of rotatable bonds is 4. The summed E-state index contributed by atoms with van der Waals surface area (Å²) in [6.45, 7) is 8.04. The normalized spacial score (nSPS) is 21.8. The van der Waals surface area contributed by atoms with Gasteiger partial charge in [-0.05, 0) is 96.2 Å². The smallest absolute Gasteiger partial charge is 0.0366 e. The molecule has 2 atom stereocenters. The first kappa shape index (κ1) is 28.3. The maximum Gasteiger partial charge on any atom is 0.0366 e. The number of nitrogens with zero attached hydrogens (tertiary/aromatic N) is 1. The number of allylic oxidation sites excluding steroid dienone is 1. The molecule has 2 aliphatic carbocycles. The van der Waals surface area contributed by atoms with E-state index in [2.05, 4.69) is 96.3 Å². The lowest BCUT2D eigenvalue weighted by Gasteiger charge is -2.44. The second-order valence-corrected chi connectivity index (χ2v) is 12.4. The van der Waals surface area contributed by atoms with Crippen LogP contribution in [0.5, 0.6) is 0 Å². The van der Waals surface area contributed by atoms with E-state index in [1.165, 1.54) is 105 Å². The molecule has 3 aromatic carbocycles. The summed E-state index contributed by atoms with van der Waals surface area (Å²) in [5, 5.41) is 0. The Morgan fingerprint density at radius 2 is 1.52 bits per heavy atom. The molecule has 0 bridgehead atoms. The number of fused-ring (bicyclic) bond motifs is 1. The highest BCUT2D eigenvalue weighted by Crippen LogP contribution is 2.47. The minimum atomic E-state index is 0.441. The largest absolute Gasteiger partial charge is 0.371 e. The summed E-state index contributed by atoms with van der Waals surface area (Å²) in [6, 6.07) is 30.2. The van der Waals surface area contributed by atoms with Crippen molar-refractivity contribution in [3.63, 3.8) is 0 Å². The van der Waals surface area contributed by atoms with Crippen molar-refractivity contribution in [3.05, 3.63) is 113 Å². The monoisotopic (exact) mass is 529 g/mol. The molecule has 3 aromatic rings. The van der Waals surface area contributed by atoms with E-state index in [9.17, 15) is 0 Å². The molecule has 208 valence electrons. The second-order valence-electron chi connectivity index (χ2n) is 12.4. The van der Waals surface area contributed by atoms with Crippen LogP contribution in [-0.4, -0.2) is 13.1 Å². The van der Waals surface area contributed by atoms with Crippen LogP contribution in [0.25, 0.3) is 0 Å². The summed E-state index contributed by atoms with van der Waals surface area (Å²) in [6.07, 6.45) is 19.7. The standard InChI is InChI=1S/C33H39N.C6H8/c1-2-9-22-33(21-8-1)23-10-24-34(25-33)29-18-15-28(16-19-29)32-30-14-7-6-13-27(30)17-20-31(32)26-11-4-3-5-12-26;1-4-6(3)5-2/h3-7,11-16,18-19,31-32H,1-2,8-10,17,20-25H2;1H,3,5H2,2H3. The number of piperidine rings is 1. The Morgan fingerprint density at radius 3 is 2.20 bits per heavy atom. The molecule has 1 heteroatoms. The SMILES string of the molecule is C#CC(=C)CC.c1ccc(C2CCc3ccccc3C2c2ccc(N3CCCC4(CCCCCC4)C3)cc2)cc1. The number of anilines is 1. The van der Waals surface area contributed by atoms with Crippen molar-refractivity contribution in [2.45, 2.75) is 89.4 Å². The van der Waals surface area contributed by atoms with Crippen LogP contribution in [0.2, 0.25) is 0 Å². The van der Waals surface area contributed by atoms with Crippen molar-refractivity contribution in [1.29, 1.82) is 0 Å². The Balaban J connectivity index is 0.000000487. The van der Waals surface area contributed by atoms with Crippen molar-refractivity contribution >= 4 is 5.69 Å². The van der Waals surface area contributed by atoms with Crippen LogP contribution in [0.15, 0.2) is 91.0 Å². The van der Waals surface area contributed by atoms with Gasteiger partial charge in [0.25, 0.3) is 0 Å². The van der Waals surface area contributed by atoms with Crippen molar-refractivity contribution in [2.24, 2.45) is 5.41 Å². The number of hydrogen-bond donors (Lipinski definition) is 0. The molecule has 1 nitrogen and oxygen atoms in total. The molecule has 3 aliphatic rings. The lowest BCUT2D eigenvalue weighted by molar-refractivity contribution is 0.198. The van der Waals surface area contributed by atoms with Crippen LogP contribution in [0, 0.1) is 17.8 Å². The summed E-state index contributed by atoms with van der Waals surface area (Å²) in [5.74, 6) is 3.41. The Kier molecular flexibility index (Phi) is 9.49. The molecule has 2 unspecified atom stereocenters. The molecule has 0 N–H and O–H groups in total. The van der Waals surface area contributed by atoms with E-state index < -0.39 is 0 Å². The Morgan fingerprint density at radius 1 is 0.850 bits per heavy atom. The first-order valence-corrected chi connectivity index (χ1v) is 15.7. The average Bonchev–Trinajstić information content (AvgIpc) is 3.25. The highest BCUT2D eigenvalue weighted by atomic mass is 15.1. The molecule has 40 heavy (non-hydrogen) atoms. The van der Waals surface area contributed by atoms with Crippen molar-refractivity contribution in [3.8, 4) is 12.3 Å². The fourth-order valence-electron chi connectivity index (χ4n) is 7.54. The van der Waals surface area contributed by atoms with E-state index in [1.807, 2.05) is 6.92 Å². The third kappa shape index (κ3) is 6.55. The van der Waals surface area contributed by atoms with Crippen molar-refractivity contribution < 1.29 is 0 Å². The maximum absolute atomic E-state index is 4.93. The van der Waals surface area contributed by atoms with E-state index in [1.54, 1.807) is 0 Å². The molecule has 2 fully saturated rings. The predicted octanol–water partition coefficient (Wildman–Crippen LogP) is 10.1. The van der Waals surface area contributed by atoms with Crippen LogP contribution < -0.4 is 4.90 Å². The van der Waals surface area contributed by atoms with E-state index in [0.717, 1.165) is 12.0 Å². The predicted molar refractivity (Wildman–Crippen MR) is 172 cm³/mol. The van der Waals surface area contributed by atoms with Gasteiger partial charge in [-0.1, -0.05) is 112 Å². The van der Waals surface area contributed by atoms with Gasteiger partial charge in [0.1, 0.15) is 0 Å². The van der Waals surface area contributed by atoms with Crippen LogP contribution in [0.3, 0.4) is 0 Å². The summed E-state index contributed by atoms with van der Waals surface area (Å²) in [7, 11) is 0. The molecule has 1 saturated carbocycles. The lowest BCUT2D eigenvalue weighted by atomic mass is 9.69. The summed E-state index contributed by atoms with van der Waals surface area (Å²) in [5.41, 5.74) is 8.92. The van der Waals surface area contributed by atoms with Crippen LogP contribution >= 0.6 is 0 Å². The molecular formula is C39H47N. The van der Waals surface area contributed by atoms with Gasteiger partial charge in [-0.2, -0.15) is 0 Å². The van der Waals surface area contributed by atoms with E-state index >= 15 is 0 Å². The minimum absolute atomic E-state index is 0.441. The van der Waals surface area contributed by atoms with Crippen LogP contribution in [0.1, 0.15) is 105 Å². The Bertz CT molecular complexity index is 1270. The molecule has 6 rings (SSSR count). The van der Waals surface area contributed by atoms with Crippen molar-refractivity contribution in [1.82, 2.24) is 0 Å². The van der Waals surface area contributed by atoms with Gasteiger partial charge in [0.05, 0.1) is 0 Å². The number of benzene rings is 3. The summed E-state index contributed by atoms with van der Waals surface area (Å²) >= 11 is 0. The third-order valence-electron chi connectivity index (χ3n) is 9.82. The van der Waals surface area contributed by atoms with Crippen LogP contribution in [-0.2, 0) is 6.42 Å². The zero-order chi connectivity index (χ0) is 27.8. The molecule has 1 heterocycles. The summed E-state index contributed by atoms with van der Waals surface area (Å²) < 4.78 is 0. The highest BCUT2D eigenvalue weighted by molar-refractivity contribution is 5.52. The number of aryl methyl sites for hydroxylation is 1. The Labute approximate surface area is 243 Å². The van der Waals surface area contributed by atoms with Crippen molar-refractivity contribution in [2.75, 3.05) is 18.0 Å². The molecule has 1 saturated heterocycles. The quantitative estimate of drug-likeness (QED) is 0.304. The summed E-state index contributed by atoms with van der Waals surface area (Å²) in [4.78, 5) is 2.71. The van der Waals surface area contributed by atoms with Gasteiger partial charge in [0, 0.05) is 24.7 Å². The zero-order valence-electron chi connectivity index (χ0n) is 24.6. The maximum atomic E-state index is 4.93. The van der Waals surface area contributed by atoms with E-state index in [4.69, 9.17) is 6.42 Å². The topological polar surface area (TPSA) is 3.24 Å². The average molecular weight is 530 g/mol. The van der Waals surface area contributed by atoms with Gasteiger partial charge >= 0.3 is 0 Å². The molecule has 1 aliphatic heterocycles. The van der Waals surface area contributed by atoms with Gasteiger partial charge < -0.3 is 4.90 Å². The third-order valence-corrected chi connectivity index (χ3v) is 9.82. The molecular weight excluding hydrogens is 482 g/mol. The molecule has 1 spiro atoms. The van der Waals surface area contributed by atoms with E-state index in [0.29, 0.717) is 17.3 Å². The van der Waals surface area contributed by atoms with Gasteiger partial charge in [0.2, 0.25) is 0 Å². The first-order chi connectivity index (χ1) is 19.6. The number of terminal acetylenes is 1. The number of hydrogen-bond acceptors (Lipinski definition) is 1. The van der Waals surface area contributed by atoms with Crippen LogP contribution in [0.4, 0.5) is 5.69 Å². The van der Waals surface area contributed by atoms with Gasteiger partial charge in [-0.25, -0.2) is 0 Å². The first-order valence-electron chi connectivity index (χ1n) is 15.7. The van der Waals surface area contributed by atoms with Gasteiger partial charge in [-0.15, -0.1) is 6.42 Å².